The second-order valence-corrected chi connectivity index (χ2v) is 6.11. The number of unbranched alkanes of at least 4 members (excludes halogenated alkanes) is 1. The van der Waals surface area contributed by atoms with Gasteiger partial charge in [0.2, 0.25) is 5.90 Å². The van der Waals surface area contributed by atoms with Gasteiger partial charge in [-0.25, -0.2) is 9.79 Å². The quantitative estimate of drug-likeness (QED) is 0.534. The van der Waals surface area contributed by atoms with E-state index in [0.29, 0.717) is 12.5 Å². The van der Waals surface area contributed by atoms with Gasteiger partial charge in [-0.1, -0.05) is 43.7 Å². The molecule has 0 spiro atoms. The molecule has 2 aromatic rings. The first-order valence-electron chi connectivity index (χ1n) is 9.05. The molecule has 0 fully saturated rings. The molecule has 1 aliphatic rings. The zero-order valence-corrected chi connectivity index (χ0v) is 15.2. The normalized spacial score (nSPS) is 15.1. The molecule has 0 saturated heterocycles. The van der Waals surface area contributed by atoms with Gasteiger partial charge in [-0.2, -0.15) is 0 Å². The van der Waals surface area contributed by atoms with Crippen molar-refractivity contribution in [1.82, 2.24) is 0 Å². The van der Waals surface area contributed by atoms with Crippen molar-refractivity contribution >= 4 is 17.9 Å². The van der Waals surface area contributed by atoms with Gasteiger partial charge in [-0.3, -0.25) is 0 Å². The average molecular weight is 349 g/mol. The highest BCUT2D eigenvalue weighted by Gasteiger charge is 2.24. The zero-order valence-electron chi connectivity index (χ0n) is 15.2. The number of aliphatic imine (C=N–C) groups is 1. The number of para-hydroxylation sites is 1. The van der Waals surface area contributed by atoms with Crippen LogP contribution in [0.15, 0.2) is 59.2 Å². The van der Waals surface area contributed by atoms with Crippen molar-refractivity contribution in [1.29, 1.82) is 0 Å². The van der Waals surface area contributed by atoms with Gasteiger partial charge in [0.25, 0.3) is 0 Å². The second kappa shape index (κ2) is 8.48. The molecule has 0 bridgehead atoms. The number of rotatable bonds is 7. The smallest absolute Gasteiger partial charge is 0.363 e. The summed E-state index contributed by atoms with van der Waals surface area (Å²) in [5.74, 6) is 0.623. The Hall–Kier alpha value is -2.88. The van der Waals surface area contributed by atoms with Gasteiger partial charge in [0.1, 0.15) is 5.75 Å². The molecular formula is C22H23NO3. The highest BCUT2D eigenvalue weighted by Crippen LogP contribution is 2.24. The first-order valence-corrected chi connectivity index (χ1v) is 9.05. The number of nitrogens with zero attached hydrogens (tertiary/aromatic N) is 1. The van der Waals surface area contributed by atoms with Crippen LogP contribution in [0.5, 0.6) is 5.75 Å². The lowest BCUT2D eigenvalue weighted by molar-refractivity contribution is -0.129. The zero-order chi connectivity index (χ0) is 18.4. The molecule has 2 aromatic carbocycles. The first-order chi connectivity index (χ1) is 12.7. The number of hydrogen-bond acceptors (Lipinski definition) is 4. The summed E-state index contributed by atoms with van der Waals surface area (Å²) in [7, 11) is 0. The van der Waals surface area contributed by atoms with Crippen LogP contribution in [0.4, 0.5) is 0 Å². The number of benzene rings is 2. The van der Waals surface area contributed by atoms with E-state index in [4.69, 9.17) is 9.47 Å². The third kappa shape index (κ3) is 4.20. The van der Waals surface area contributed by atoms with Crippen molar-refractivity contribution in [2.75, 3.05) is 6.61 Å². The van der Waals surface area contributed by atoms with E-state index < -0.39 is 5.97 Å². The highest BCUT2D eigenvalue weighted by atomic mass is 16.6. The number of carbonyl (C=O) groups excluding carboxylic acids is 1. The number of aryl methyl sites for hydroxylation is 1. The number of hydrogen-bond donors (Lipinski definition) is 0. The Morgan fingerprint density at radius 3 is 2.58 bits per heavy atom. The third-order valence-corrected chi connectivity index (χ3v) is 4.15. The summed E-state index contributed by atoms with van der Waals surface area (Å²) >= 11 is 0. The summed E-state index contributed by atoms with van der Waals surface area (Å²) in [5.41, 5.74) is 3.17. The molecule has 0 N–H and O–H groups in total. The fourth-order valence-electron chi connectivity index (χ4n) is 2.76. The Kier molecular flexibility index (Phi) is 5.84. The van der Waals surface area contributed by atoms with Crippen molar-refractivity contribution in [3.63, 3.8) is 0 Å². The topological polar surface area (TPSA) is 47.9 Å². The maximum absolute atomic E-state index is 12.2. The van der Waals surface area contributed by atoms with E-state index in [1.807, 2.05) is 43.3 Å². The largest absolute Gasteiger partial charge is 0.493 e. The van der Waals surface area contributed by atoms with Crippen LogP contribution < -0.4 is 4.74 Å². The fourth-order valence-corrected chi connectivity index (χ4v) is 2.76. The Balaban J connectivity index is 1.83. The lowest BCUT2D eigenvalue weighted by Crippen LogP contribution is -2.05. The Bertz CT molecular complexity index is 835. The lowest BCUT2D eigenvalue weighted by atomic mass is 10.1. The monoisotopic (exact) mass is 349 g/mol. The van der Waals surface area contributed by atoms with Crippen LogP contribution in [-0.4, -0.2) is 18.5 Å². The lowest BCUT2D eigenvalue weighted by Gasteiger charge is -2.06. The van der Waals surface area contributed by atoms with Crippen LogP contribution in [-0.2, 0) is 16.0 Å². The van der Waals surface area contributed by atoms with Gasteiger partial charge in [0, 0.05) is 11.1 Å². The van der Waals surface area contributed by atoms with E-state index in [1.165, 1.54) is 18.4 Å². The van der Waals surface area contributed by atoms with Crippen LogP contribution in [0.1, 0.15) is 43.4 Å². The predicted molar refractivity (Wildman–Crippen MR) is 103 cm³/mol. The third-order valence-electron chi connectivity index (χ3n) is 4.15. The molecule has 0 saturated carbocycles. The molecule has 0 atom stereocenters. The SMILES string of the molecule is CCCCc1ccc(C2=N/C(=C\c3ccccc3OCC)C(=O)O2)cc1. The van der Waals surface area contributed by atoms with E-state index in [9.17, 15) is 4.79 Å². The van der Waals surface area contributed by atoms with Crippen LogP contribution >= 0.6 is 0 Å². The molecular weight excluding hydrogens is 326 g/mol. The van der Waals surface area contributed by atoms with Crippen molar-refractivity contribution in [2.24, 2.45) is 4.99 Å². The molecule has 4 heteroatoms. The maximum Gasteiger partial charge on any atom is 0.363 e. The van der Waals surface area contributed by atoms with Crippen LogP contribution in [0.25, 0.3) is 6.08 Å². The van der Waals surface area contributed by atoms with Gasteiger partial charge >= 0.3 is 5.97 Å². The maximum atomic E-state index is 12.2. The van der Waals surface area contributed by atoms with E-state index >= 15 is 0 Å². The van der Waals surface area contributed by atoms with Crippen LogP contribution in [0, 0.1) is 0 Å². The summed E-state index contributed by atoms with van der Waals surface area (Å²) in [4.78, 5) is 16.6. The number of carbonyl (C=O) groups is 1. The molecule has 0 amide bonds. The number of cyclic esters (lactones) is 1. The molecule has 0 aromatic heterocycles. The van der Waals surface area contributed by atoms with E-state index in [-0.39, 0.29) is 5.70 Å². The predicted octanol–water partition coefficient (Wildman–Crippen LogP) is 4.77. The highest BCUT2D eigenvalue weighted by molar-refractivity contribution is 6.12. The van der Waals surface area contributed by atoms with Crippen molar-refractivity contribution in [3.05, 3.63) is 70.9 Å². The summed E-state index contributed by atoms with van der Waals surface area (Å²) < 4.78 is 10.9. The minimum absolute atomic E-state index is 0.280. The van der Waals surface area contributed by atoms with E-state index in [1.54, 1.807) is 6.08 Å². The summed E-state index contributed by atoms with van der Waals surface area (Å²) in [5, 5.41) is 0. The number of ether oxygens (including phenoxy) is 2. The molecule has 0 radical (unpaired) electrons. The van der Waals surface area contributed by atoms with Gasteiger partial charge in [0.05, 0.1) is 6.61 Å². The molecule has 26 heavy (non-hydrogen) atoms. The molecule has 0 aliphatic carbocycles. The van der Waals surface area contributed by atoms with E-state index in [0.717, 1.165) is 23.3 Å². The second-order valence-electron chi connectivity index (χ2n) is 6.11. The van der Waals surface area contributed by atoms with Gasteiger partial charge in [-0.15, -0.1) is 0 Å². The Morgan fingerprint density at radius 2 is 1.85 bits per heavy atom. The summed E-state index contributed by atoms with van der Waals surface area (Å²) in [6.45, 7) is 4.66. The van der Waals surface area contributed by atoms with Gasteiger partial charge in [-0.05, 0) is 49.6 Å². The molecule has 3 rings (SSSR count). The van der Waals surface area contributed by atoms with Crippen LogP contribution in [0.3, 0.4) is 0 Å². The van der Waals surface area contributed by atoms with Gasteiger partial charge < -0.3 is 9.47 Å². The standard InChI is InChI=1S/C22H23NO3/c1-3-5-8-16-11-13-17(14-12-16)21-23-19(22(24)26-21)15-18-9-6-7-10-20(18)25-4-2/h6-7,9-15H,3-5,8H2,1-2H3/b19-15-. The molecule has 1 aliphatic heterocycles. The Labute approximate surface area is 154 Å². The fraction of sp³-hybridized carbons (Fsp3) is 0.273. The number of esters is 1. The summed E-state index contributed by atoms with van der Waals surface area (Å²) in [6.07, 6.45) is 5.10. The van der Waals surface area contributed by atoms with E-state index in [2.05, 4.69) is 24.0 Å². The minimum Gasteiger partial charge on any atom is -0.493 e. The molecule has 1 heterocycles. The minimum atomic E-state index is -0.443. The first kappa shape index (κ1) is 17.9. The van der Waals surface area contributed by atoms with Crippen molar-refractivity contribution in [2.45, 2.75) is 33.1 Å². The Morgan fingerprint density at radius 1 is 1.08 bits per heavy atom. The van der Waals surface area contributed by atoms with Gasteiger partial charge in [0.15, 0.2) is 5.70 Å². The van der Waals surface area contributed by atoms with Crippen LogP contribution in [0.2, 0.25) is 0 Å². The van der Waals surface area contributed by atoms with Crippen molar-refractivity contribution in [3.8, 4) is 5.75 Å². The molecule has 4 nitrogen and oxygen atoms in total. The van der Waals surface area contributed by atoms with Crippen molar-refractivity contribution < 1.29 is 14.3 Å². The average Bonchev–Trinajstić information content (AvgIpc) is 3.03. The summed E-state index contributed by atoms with van der Waals surface area (Å²) in [6, 6.07) is 15.6. The molecule has 0 unspecified atom stereocenters. The molecule has 134 valence electrons.